The molecule has 3 N–H and O–H groups in total. The van der Waals surface area contributed by atoms with Gasteiger partial charge < -0.3 is 10.8 Å². The number of aliphatic hydroxyl groups is 1. The largest absolute Gasteiger partial charge is 0.514 e. The van der Waals surface area contributed by atoms with Gasteiger partial charge in [0.1, 0.15) is 0 Å². The van der Waals surface area contributed by atoms with Crippen molar-refractivity contribution in [1.29, 1.82) is 0 Å². The van der Waals surface area contributed by atoms with Gasteiger partial charge in [-0.1, -0.05) is 90.4 Å². The van der Waals surface area contributed by atoms with Crippen LogP contribution in [0.5, 0.6) is 0 Å². The topological polar surface area (TPSA) is 46.2 Å². The van der Waals surface area contributed by atoms with Crippen molar-refractivity contribution in [2.24, 2.45) is 5.73 Å². The Morgan fingerprint density at radius 1 is 0.700 bits per heavy atom. The summed E-state index contributed by atoms with van der Waals surface area (Å²) in [4.78, 5) is 0. The first-order chi connectivity index (χ1) is 9.81. The Labute approximate surface area is 126 Å². The van der Waals surface area contributed by atoms with E-state index in [0.29, 0.717) is 5.70 Å². The van der Waals surface area contributed by atoms with Gasteiger partial charge in [-0.25, -0.2) is 0 Å². The summed E-state index contributed by atoms with van der Waals surface area (Å²) in [5, 5.41) is 8.65. The smallest absolute Gasteiger partial charge is 0.0978 e. The van der Waals surface area contributed by atoms with Crippen LogP contribution in [0.4, 0.5) is 0 Å². The van der Waals surface area contributed by atoms with Crippen molar-refractivity contribution in [3.63, 3.8) is 0 Å². The highest BCUT2D eigenvalue weighted by molar-refractivity contribution is 4.89. The molecule has 0 bridgehead atoms. The van der Waals surface area contributed by atoms with Crippen LogP contribution in [0.15, 0.2) is 12.0 Å². The zero-order chi connectivity index (χ0) is 14.9. The minimum Gasteiger partial charge on any atom is -0.514 e. The third kappa shape index (κ3) is 15.4. The second kappa shape index (κ2) is 16.4. The molecule has 2 nitrogen and oxygen atoms in total. The molecule has 0 atom stereocenters. The minimum atomic E-state index is 0.615. The van der Waals surface area contributed by atoms with Crippen LogP contribution in [0.3, 0.4) is 0 Å². The molecular weight excluding hydrogens is 246 g/mol. The molecule has 0 aromatic carbocycles. The standard InChI is InChI=1S/C18H37NO/c1-2-3-4-5-6-7-8-9-10-11-12-13-14-15-16-18(19)17-20/h17,20H,2-16,19H2,1H3. The Bertz CT molecular complexity index is 213. The van der Waals surface area contributed by atoms with Crippen LogP contribution in [0.1, 0.15) is 103 Å². The molecule has 0 radical (unpaired) electrons. The summed E-state index contributed by atoms with van der Waals surface area (Å²) in [6.07, 6.45) is 21.1. The first-order valence-electron chi connectivity index (χ1n) is 8.90. The molecule has 0 rings (SSSR count). The second-order valence-corrected chi connectivity index (χ2v) is 6.05. The third-order valence-electron chi connectivity index (χ3n) is 3.98. The van der Waals surface area contributed by atoms with E-state index in [1.54, 1.807) is 0 Å². The van der Waals surface area contributed by atoms with E-state index in [1.807, 2.05) is 0 Å². The van der Waals surface area contributed by atoms with E-state index in [1.165, 1.54) is 83.5 Å². The fourth-order valence-corrected chi connectivity index (χ4v) is 2.59. The van der Waals surface area contributed by atoms with Crippen LogP contribution >= 0.6 is 0 Å². The van der Waals surface area contributed by atoms with E-state index < -0.39 is 0 Å². The maximum absolute atomic E-state index is 8.65. The van der Waals surface area contributed by atoms with Gasteiger partial charge in [0, 0.05) is 5.70 Å². The zero-order valence-electron chi connectivity index (χ0n) is 13.7. The molecule has 0 aliphatic heterocycles. The third-order valence-corrected chi connectivity index (χ3v) is 3.98. The van der Waals surface area contributed by atoms with Crippen LogP contribution in [0.25, 0.3) is 0 Å². The predicted octanol–water partition coefficient (Wildman–Crippen LogP) is 6.22. The van der Waals surface area contributed by atoms with Crippen molar-refractivity contribution in [3.8, 4) is 0 Å². The monoisotopic (exact) mass is 283 g/mol. The molecular formula is C18H37NO. The molecule has 0 aromatic rings. The van der Waals surface area contributed by atoms with Crippen molar-refractivity contribution in [3.05, 3.63) is 12.0 Å². The van der Waals surface area contributed by atoms with Crippen LogP contribution in [0.2, 0.25) is 0 Å². The molecule has 0 spiro atoms. The molecule has 120 valence electrons. The van der Waals surface area contributed by atoms with E-state index in [-0.39, 0.29) is 0 Å². The number of rotatable bonds is 15. The summed E-state index contributed by atoms with van der Waals surface area (Å²) in [6, 6.07) is 0. The van der Waals surface area contributed by atoms with Gasteiger partial charge in [-0.3, -0.25) is 0 Å². The number of nitrogens with two attached hydrogens (primary N) is 1. The molecule has 0 aliphatic carbocycles. The number of aliphatic hydroxyl groups excluding tert-OH is 1. The summed E-state index contributed by atoms with van der Waals surface area (Å²) < 4.78 is 0. The number of hydrogen-bond acceptors (Lipinski definition) is 2. The van der Waals surface area contributed by atoms with Gasteiger partial charge in [0.25, 0.3) is 0 Å². The van der Waals surface area contributed by atoms with E-state index in [2.05, 4.69) is 6.92 Å². The summed E-state index contributed by atoms with van der Waals surface area (Å²) in [6.45, 7) is 2.28. The van der Waals surface area contributed by atoms with E-state index >= 15 is 0 Å². The normalized spacial score (nSPS) is 11.9. The van der Waals surface area contributed by atoms with Gasteiger partial charge >= 0.3 is 0 Å². The van der Waals surface area contributed by atoms with E-state index in [9.17, 15) is 0 Å². The molecule has 0 fully saturated rings. The van der Waals surface area contributed by atoms with Crippen LogP contribution in [-0.2, 0) is 0 Å². The minimum absolute atomic E-state index is 0.615. The van der Waals surface area contributed by atoms with Crippen molar-refractivity contribution in [1.82, 2.24) is 0 Å². The van der Waals surface area contributed by atoms with Crippen molar-refractivity contribution in [2.45, 2.75) is 103 Å². The molecule has 0 aliphatic rings. The lowest BCUT2D eigenvalue weighted by Gasteiger charge is -2.03. The SMILES string of the molecule is CCCCCCCCCCCCCCCCC(N)=CO. The Morgan fingerprint density at radius 3 is 1.40 bits per heavy atom. The Balaban J connectivity index is 2.99. The lowest BCUT2D eigenvalue weighted by molar-refractivity contribution is 0.461. The molecule has 0 saturated carbocycles. The van der Waals surface area contributed by atoms with E-state index in [4.69, 9.17) is 10.8 Å². The lowest BCUT2D eigenvalue weighted by atomic mass is 10.0. The Morgan fingerprint density at radius 2 is 1.05 bits per heavy atom. The summed E-state index contributed by atoms with van der Waals surface area (Å²) in [5.74, 6) is 0. The number of allylic oxidation sites excluding steroid dienone is 1. The maximum atomic E-state index is 8.65. The average Bonchev–Trinajstić information content (AvgIpc) is 2.47. The zero-order valence-corrected chi connectivity index (χ0v) is 13.7. The fourth-order valence-electron chi connectivity index (χ4n) is 2.59. The highest BCUT2D eigenvalue weighted by Gasteiger charge is 1.95. The van der Waals surface area contributed by atoms with Gasteiger partial charge in [-0.15, -0.1) is 0 Å². The van der Waals surface area contributed by atoms with Crippen LogP contribution < -0.4 is 5.73 Å². The molecule has 0 aromatic heterocycles. The second-order valence-electron chi connectivity index (χ2n) is 6.05. The molecule has 0 saturated heterocycles. The summed E-state index contributed by atoms with van der Waals surface area (Å²) in [5.41, 5.74) is 6.15. The highest BCUT2D eigenvalue weighted by atomic mass is 16.2. The quantitative estimate of drug-likeness (QED) is 0.277. The maximum Gasteiger partial charge on any atom is 0.0978 e. The average molecular weight is 283 g/mol. The lowest BCUT2D eigenvalue weighted by Crippen LogP contribution is -1.96. The van der Waals surface area contributed by atoms with Gasteiger partial charge in [-0.05, 0) is 12.8 Å². The Kier molecular flexibility index (Phi) is 15.9. The highest BCUT2D eigenvalue weighted by Crippen LogP contribution is 2.13. The van der Waals surface area contributed by atoms with Gasteiger partial charge in [0.15, 0.2) is 0 Å². The molecule has 0 amide bonds. The molecule has 0 unspecified atom stereocenters. The molecule has 2 heteroatoms. The first kappa shape index (κ1) is 19.3. The van der Waals surface area contributed by atoms with Crippen molar-refractivity contribution in [2.75, 3.05) is 0 Å². The fraction of sp³-hybridized carbons (Fsp3) is 0.889. The van der Waals surface area contributed by atoms with Gasteiger partial charge in [0.05, 0.1) is 6.26 Å². The Hall–Kier alpha value is -0.660. The van der Waals surface area contributed by atoms with Gasteiger partial charge in [0.2, 0.25) is 0 Å². The van der Waals surface area contributed by atoms with Crippen LogP contribution in [0, 0.1) is 0 Å². The summed E-state index contributed by atoms with van der Waals surface area (Å²) in [7, 11) is 0. The number of hydrogen-bond donors (Lipinski definition) is 2. The van der Waals surface area contributed by atoms with Gasteiger partial charge in [-0.2, -0.15) is 0 Å². The van der Waals surface area contributed by atoms with Crippen molar-refractivity contribution < 1.29 is 5.11 Å². The number of unbranched alkanes of at least 4 members (excludes halogenated alkanes) is 13. The van der Waals surface area contributed by atoms with Crippen LogP contribution in [-0.4, -0.2) is 5.11 Å². The van der Waals surface area contributed by atoms with Crippen molar-refractivity contribution >= 4 is 0 Å². The summed E-state index contributed by atoms with van der Waals surface area (Å²) >= 11 is 0. The molecule has 0 heterocycles. The first-order valence-corrected chi connectivity index (χ1v) is 8.90. The molecule has 20 heavy (non-hydrogen) atoms. The predicted molar refractivity (Wildman–Crippen MR) is 89.8 cm³/mol. The van der Waals surface area contributed by atoms with E-state index in [0.717, 1.165) is 19.1 Å².